The summed E-state index contributed by atoms with van der Waals surface area (Å²) in [4.78, 5) is 28.2. The summed E-state index contributed by atoms with van der Waals surface area (Å²) in [5.74, 6) is 0.421. The Balaban J connectivity index is 2.13. The van der Waals surface area contributed by atoms with E-state index in [1.54, 1.807) is 42.8 Å². The molecule has 3 aromatic rings. The lowest BCUT2D eigenvalue weighted by Crippen LogP contribution is -2.18. The highest BCUT2D eigenvalue weighted by Gasteiger charge is 2.19. The number of nitrogens with zero attached hydrogens (tertiary/aromatic N) is 5. The van der Waals surface area contributed by atoms with Gasteiger partial charge < -0.3 is 5.11 Å². The fourth-order valence-electron chi connectivity index (χ4n) is 2.07. The first-order valence-electron chi connectivity index (χ1n) is 6.77. The first-order valence-corrected chi connectivity index (χ1v) is 6.77. The summed E-state index contributed by atoms with van der Waals surface area (Å²) in [6.45, 7) is 4.75. The van der Waals surface area contributed by atoms with Crippen molar-refractivity contribution in [3.05, 3.63) is 42.2 Å². The number of imidazole rings is 1. The fourth-order valence-corrected chi connectivity index (χ4v) is 2.07. The van der Waals surface area contributed by atoms with E-state index in [0.29, 0.717) is 22.9 Å². The molecule has 0 unspecified atom stereocenters. The Kier molecular flexibility index (Phi) is 3.22. The summed E-state index contributed by atoms with van der Waals surface area (Å²) < 4.78 is 1.75. The zero-order valence-electron chi connectivity index (χ0n) is 12.5. The van der Waals surface area contributed by atoms with E-state index in [1.807, 2.05) is 0 Å². The maximum absolute atomic E-state index is 11.4. The van der Waals surface area contributed by atoms with E-state index in [0.717, 1.165) is 0 Å². The topological polar surface area (TPSA) is 93.3 Å². The third-order valence-corrected chi connectivity index (χ3v) is 3.24. The molecule has 0 amide bonds. The van der Waals surface area contributed by atoms with Crippen LogP contribution in [0.4, 0.5) is 0 Å². The van der Waals surface area contributed by atoms with Crippen molar-refractivity contribution < 1.29 is 9.90 Å². The minimum Gasteiger partial charge on any atom is -0.384 e. The van der Waals surface area contributed by atoms with E-state index in [9.17, 15) is 9.90 Å². The number of carbonyl (C=O) groups excluding carboxylic acids is 1. The van der Waals surface area contributed by atoms with Crippen molar-refractivity contribution in [2.75, 3.05) is 0 Å². The average Bonchev–Trinajstić information content (AvgIpc) is 2.89. The Labute approximate surface area is 126 Å². The smallest absolute Gasteiger partial charge is 0.234 e. The Hall–Kier alpha value is -2.67. The summed E-state index contributed by atoms with van der Waals surface area (Å²) in [6.07, 6.45) is 4.94. The molecule has 7 nitrogen and oxygen atoms in total. The van der Waals surface area contributed by atoms with Gasteiger partial charge in [0, 0.05) is 19.3 Å². The molecule has 0 saturated heterocycles. The summed E-state index contributed by atoms with van der Waals surface area (Å²) in [5.41, 5.74) is 0.786. The quantitative estimate of drug-likeness (QED) is 0.738. The molecule has 0 atom stereocenters. The standard InChI is InChI=1S/C15H15N5O2/c1-9(21)13-16-6-4-10(18-13)11-8-17-14-19-12(15(2,3)22)5-7-20(11)14/h4-8,22H,1-3H3. The summed E-state index contributed by atoms with van der Waals surface area (Å²) in [5, 5.41) is 10.0. The van der Waals surface area contributed by atoms with Crippen LogP contribution in [0.25, 0.3) is 17.2 Å². The van der Waals surface area contributed by atoms with Gasteiger partial charge in [-0.05, 0) is 26.0 Å². The highest BCUT2D eigenvalue weighted by molar-refractivity contribution is 5.90. The molecule has 112 valence electrons. The van der Waals surface area contributed by atoms with Crippen LogP contribution in [0.1, 0.15) is 37.1 Å². The molecular weight excluding hydrogens is 282 g/mol. The van der Waals surface area contributed by atoms with Gasteiger partial charge in [0.15, 0.2) is 11.6 Å². The second-order valence-electron chi connectivity index (χ2n) is 5.51. The first-order chi connectivity index (χ1) is 10.4. The lowest BCUT2D eigenvalue weighted by atomic mass is 10.1. The summed E-state index contributed by atoms with van der Waals surface area (Å²) >= 11 is 0. The van der Waals surface area contributed by atoms with Crippen molar-refractivity contribution in [2.24, 2.45) is 0 Å². The molecule has 0 aliphatic rings. The molecule has 0 bridgehead atoms. The number of ketones is 1. The van der Waals surface area contributed by atoms with Crippen molar-refractivity contribution in [1.82, 2.24) is 24.3 Å². The van der Waals surface area contributed by atoms with Gasteiger partial charge in [0.1, 0.15) is 5.60 Å². The normalized spacial score (nSPS) is 11.8. The Morgan fingerprint density at radius 1 is 1.23 bits per heavy atom. The van der Waals surface area contributed by atoms with Crippen LogP contribution in [0.3, 0.4) is 0 Å². The number of aromatic nitrogens is 5. The number of fused-ring (bicyclic) bond motifs is 1. The molecule has 0 fully saturated rings. The first kappa shape index (κ1) is 14.3. The van der Waals surface area contributed by atoms with Crippen LogP contribution in [0, 0.1) is 0 Å². The molecule has 0 saturated carbocycles. The Morgan fingerprint density at radius 2 is 2.00 bits per heavy atom. The predicted molar refractivity (Wildman–Crippen MR) is 79.3 cm³/mol. The van der Waals surface area contributed by atoms with Crippen molar-refractivity contribution in [3.63, 3.8) is 0 Å². The van der Waals surface area contributed by atoms with Gasteiger partial charge in [0.25, 0.3) is 0 Å². The molecule has 0 aliphatic carbocycles. The maximum atomic E-state index is 11.4. The van der Waals surface area contributed by atoms with E-state index in [1.165, 1.54) is 13.1 Å². The molecule has 0 aromatic carbocycles. The van der Waals surface area contributed by atoms with Crippen LogP contribution in [0.5, 0.6) is 0 Å². The van der Waals surface area contributed by atoms with Crippen LogP contribution in [-0.4, -0.2) is 35.2 Å². The summed E-state index contributed by atoms with van der Waals surface area (Å²) in [6, 6.07) is 3.44. The minimum absolute atomic E-state index is 0.161. The predicted octanol–water partition coefficient (Wildman–Crippen LogP) is 1.62. The maximum Gasteiger partial charge on any atom is 0.234 e. The number of Topliss-reactive ketones (excluding diaryl/α,β-unsaturated/α-hetero) is 1. The van der Waals surface area contributed by atoms with E-state index in [-0.39, 0.29) is 11.6 Å². The molecule has 3 aromatic heterocycles. The number of rotatable bonds is 3. The minimum atomic E-state index is -1.04. The molecule has 3 heterocycles. The molecule has 3 rings (SSSR count). The monoisotopic (exact) mass is 297 g/mol. The van der Waals surface area contributed by atoms with Crippen LogP contribution in [0.15, 0.2) is 30.7 Å². The largest absolute Gasteiger partial charge is 0.384 e. The highest BCUT2D eigenvalue weighted by atomic mass is 16.3. The second-order valence-corrected chi connectivity index (χ2v) is 5.51. The van der Waals surface area contributed by atoms with Gasteiger partial charge in [0.05, 0.1) is 23.3 Å². The van der Waals surface area contributed by atoms with Gasteiger partial charge in [-0.25, -0.2) is 19.9 Å². The van der Waals surface area contributed by atoms with E-state index in [2.05, 4.69) is 19.9 Å². The molecular formula is C15H15N5O2. The molecule has 0 aliphatic heterocycles. The van der Waals surface area contributed by atoms with Crippen molar-refractivity contribution in [1.29, 1.82) is 0 Å². The molecule has 7 heteroatoms. The van der Waals surface area contributed by atoms with Crippen LogP contribution < -0.4 is 0 Å². The van der Waals surface area contributed by atoms with Gasteiger partial charge in [-0.1, -0.05) is 0 Å². The lowest BCUT2D eigenvalue weighted by Gasteiger charge is -2.16. The van der Waals surface area contributed by atoms with Gasteiger partial charge >= 0.3 is 0 Å². The van der Waals surface area contributed by atoms with Crippen LogP contribution >= 0.6 is 0 Å². The van der Waals surface area contributed by atoms with Gasteiger partial charge in [0.2, 0.25) is 5.78 Å². The van der Waals surface area contributed by atoms with E-state index in [4.69, 9.17) is 0 Å². The van der Waals surface area contributed by atoms with Crippen molar-refractivity contribution in [3.8, 4) is 11.4 Å². The third-order valence-electron chi connectivity index (χ3n) is 3.24. The molecule has 0 spiro atoms. The number of hydrogen-bond acceptors (Lipinski definition) is 6. The van der Waals surface area contributed by atoms with Crippen molar-refractivity contribution in [2.45, 2.75) is 26.4 Å². The van der Waals surface area contributed by atoms with Gasteiger partial charge in [-0.2, -0.15) is 0 Å². The van der Waals surface area contributed by atoms with Crippen molar-refractivity contribution >= 4 is 11.6 Å². The number of hydrogen-bond donors (Lipinski definition) is 1. The zero-order chi connectivity index (χ0) is 15.9. The van der Waals surface area contributed by atoms with E-state index >= 15 is 0 Å². The number of carbonyl (C=O) groups is 1. The number of aliphatic hydroxyl groups is 1. The second kappa shape index (κ2) is 4.96. The fraction of sp³-hybridized carbons (Fsp3) is 0.267. The molecule has 1 N–H and O–H groups in total. The average molecular weight is 297 g/mol. The SMILES string of the molecule is CC(=O)c1nccc(-c2cnc3nc(C(C)(C)O)ccn23)n1. The molecule has 22 heavy (non-hydrogen) atoms. The zero-order valence-corrected chi connectivity index (χ0v) is 12.5. The van der Waals surface area contributed by atoms with E-state index < -0.39 is 5.60 Å². The van der Waals surface area contributed by atoms with Crippen LogP contribution in [0.2, 0.25) is 0 Å². The third kappa shape index (κ3) is 2.46. The van der Waals surface area contributed by atoms with Gasteiger partial charge in [-0.15, -0.1) is 0 Å². The highest BCUT2D eigenvalue weighted by Crippen LogP contribution is 2.21. The van der Waals surface area contributed by atoms with Gasteiger partial charge in [-0.3, -0.25) is 9.20 Å². The Morgan fingerprint density at radius 3 is 2.68 bits per heavy atom. The Bertz CT molecular complexity index is 864. The summed E-state index contributed by atoms with van der Waals surface area (Å²) in [7, 11) is 0. The molecule has 0 radical (unpaired) electrons. The van der Waals surface area contributed by atoms with Crippen LogP contribution in [-0.2, 0) is 5.60 Å². The lowest BCUT2D eigenvalue weighted by molar-refractivity contribution is 0.0739.